The van der Waals surface area contributed by atoms with Gasteiger partial charge >= 0.3 is 0 Å². The first-order valence-corrected chi connectivity index (χ1v) is 6.57. The van der Waals surface area contributed by atoms with Crippen molar-refractivity contribution in [3.63, 3.8) is 0 Å². The highest BCUT2D eigenvalue weighted by Gasteiger charge is 2.10. The molecule has 1 N–H and O–H groups in total. The zero-order valence-corrected chi connectivity index (χ0v) is 12.1. The number of ether oxygens (including phenoxy) is 1. The zero-order chi connectivity index (χ0) is 14.5. The quantitative estimate of drug-likeness (QED) is 0.663. The maximum absolute atomic E-state index is 10.8. The third kappa shape index (κ3) is 3.64. The van der Waals surface area contributed by atoms with Crippen LogP contribution in [0.1, 0.15) is 6.92 Å². The Morgan fingerprint density at radius 1 is 1.45 bits per heavy atom. The number of aromatic nitrogens is 2. The number of hydrogen-bond donors (Lipinski definition) is 1. The Labute approximate surface area is 123 Å². The molecular formula is C12H11BrN4O3. The predicted molar refractivity (Wildman–Crippen MR) is 77.1 cm³/mol. The SMILES string of the molecule is CCNc1nccc(Oc2cc(Br)cc([N+](=O)[O-])c2)n1. The van der Waals surface area contributed by atoms with Crippen LogP contribution in [-0.4, -0.2) is 21.4 Å². The maximum Gasteiger partial charge on any atom is 0.274 e. The van der Waals surface area contributed by atoms with Crippen LogP contribution in [0.2, 0.25) is 0 Å². The number of hydrogen-bond acceptors (Lipinski definition) is 6. The summed E-state index contributed by atoms with van der Waals surface area (Å²) in [5.41, 5.74) is -0.0599. The fraction of sp³-hybridized carbons (Fsp3) is 0.167. The van der Waals surface area contributed by atoms with Crippen molar-refractivity contribution in [3.8, 4) is 11.6 Å². The lowest BCUT2D eigenvalue weighted by atomic mass is 10.3. The smallest absolute Gasteiger partial charge is 0.274 e. The van der Waals surface area contributed by atoms with Crippen molar-refractivity contribution >= 4 is 27.6 Å². The number of halogens is 1. The first-order chi connectivity index (χ1) is 9.58. The number of rotatable bonds is 5. The summed E-state index contributed by atoms with van der Waals surface area (Å²) < 4.78 is 6.07. The first kappa shape index (κ1) is 14.2. The third-order valence-electron chi connectivity index (χ3n) is 2.25. The molecule has 0 unspecified atom stereocenters. The maximum atomic E-state index is 10.8. The molecule has 2 aromatic rings. The fourth-order valence-electron chi connectivity index (χ4n) is 1.48. The van der Waals surface area contributed by atoms with E-state index in [0.29, 0.717) is 28.6 Å². The summed E-state index contributed by atoms with van der Waals surface area (Å²) in [7, 11) is 0. The van der Waals surface area contributed by atoms with Crippen LogP contribution in [0.3, 0.4) is 0 Å². The standard InChI is InChI=1S/C12H11BrN4O3/c1-2-14-12-15-4-3-11(16-12)20-10-6-8(13)5-9(7-10)17(18)19/h3-7H,2H2,1H3,(H,14,15,16). The van der Waals surface area contributed by atoms with Crippen LogP contribution in [0.5, 0.6) is 11.6 Å². The molecule has 0 fully saturated rings. The van der Waals surface area contributed by atoms with E-state index in [0.717, 1.165) is 0 Å². The molecule has 2 rings (SSSR count). The minimum absolute atomic E-state index is 0.0599. The molecule has 0 saturated heterocycles. The summed E-state index contributed by atoms with van der Waals surface area (Å²) in [6.07, 6.45) is 1.55. The summed E-state index contributed by atoms with van der Waals surface area (Å²) in [6, 6.07) is 5.94. The van der Waals surface area contributed by atoms with Crippen LogP contribution in [0.15, 0.2) is 34.9 Å². The summed E-state index contributed by atoms with van der Waals surface area (Å²) >= 11 is 3.20. The molecule has 0 spiro atoms. The normalized spacial score (nSPS) is 10.1. The predicted octanol–water partition coefficient (Wildman–Crippen LogP) is 3.37. The minimum atomic E-state index is -0.484. The van der Waals surface area contributed by atoms with E-state index in [2.05, 4.69) is 31.2 Å². The van der Waals surface area contributed by atoms with Gasteiger partial charge in [-0.2, -0.15) is 4.98 Å². The summed E-state index contributed by atoms with van der Waals surface area (Å²) in [5, 5.41) is 13.7. The molecule has 7 nitrogen and oxygen atoms in total. The Morgan fingerprint density at radius 2 is 2.25 bits per heavy atom. The zero-order valence-electron chi connectivity index (χ0n) is 10.5. The van der Waals surface area contributed by atoms with Gasteiger partial charge in [-0.1, -0.05) is 15.9 Å². The van der Waals surface area contributed by atoms with Crippen LogP contribution >= 0.6 is 15.9 Å². The van der Waals surface area contributed by atoms with E-state index in [9.17, 15) is 10.1 Å². The van der Waals surface area contributed by atoms with E-state index < -0.39 is 4.92 Å². The highest BCUT2D eigenvalue weighted by Crippen LogP contribution is 2.29. The van der Waals surface area contributed by atoms with Crippen LogP contribution in [-0.2, 0) is 0 Å². The van der Waals surface area contributed by atoms with Gasteiger partial charge in [-0.3, -0.25) is 10.1 Å². The van der Waals surface area contributed by atoms with Crippen LogP contribution < -0.4 is 10.1 Å². The monoisotopic (exact) mass is 338 g/mol. The van der Waals surface area contributed by atoms with E-state index in [4.69, 9.17) is 4.74 Å². The van der Waals surface area contributed by atoms with E-state index in [1.165, 1.54) is 12.1 Å². The van der Waals surface area contributed by atoms with Crippen molar-refractivity contribution in [2.24, 2.45) is 0 Å². The van der Waals surface area contributed by atoms with E-state index in [-0.39, 0.29) is 5.69 Å². The van der Waals surface area contributed by atoms with Crippen molar-refractivity contribution in [1.29, 1.82) is 0 Å². The van der Waals surface area contributed by atoms with Crippen molar-refractivity contribution in [2.45, 2.75) is 6.92 Å². The minimum Gasteiger partial charge on any atom is -0.439 e. The molecule has 1 heterocycles. The van der Waals surface area contributed by atoms with Gasteiger partial charge in [0.15, 0.2) is 0 Å². The van der Waals surface area contributed by atoms with Gasteiger partial charge in [-0.05, 0) is 13.0 Å². The van der Waals surface area contributed by atoms with E-state index >= 15 is 0 Å². The Hall–Kier alpha value is -2.22. The van der Waals surface area contributed by atoms with Gasteiger partial charge in [-0.15, -0.1) is 0 Å². The third-order valence-corrected chi connectivity index (χ3v) is 2.71. The van der Waals surface area contributed by atoms with Gasteiger partial charge in [0.1, 0.15) is 5.75 Å². The highest BCUT2D eigenvalue weighted by molar-refractivity contribution is 9.10. The van der Waals surface area contributed by atoms with Crippen molar-refractivity contribution in [2.75, 3.05) is 11.9 Å². The van der Waals surface area contributed by atoms with Crippen LogP contribution in [0.25, 0.3) is 0 Å². The molecule has 104 valence electrons. The van der Waals surface area contributed by atoms with Crippen LogP contribution in [0.4, 0.5) is 11.6 Å². The molecule has 0 amide bonds. The molecule has 1 aromatic carbocycles. The number of benzene rings is 1. The number of nitro benzene ring substituents is 1. The summed E-state index contributed by atoms with van der Waals surface area (Å²) in [5.74, 6) is 1.07. The lowest BCUT2D eigenvalue weighted by molar-refractivity contribution is -0.385. The second-order valence-electron chi connectivity index (χ2n) is 3.75. The molecule has 20 heavy (non-hydrogen) atoms. The topological polar surface area (TPSA) is 90.2 Å². The Balaban J connectivity index is 2.25. The first-order valence-electron chi connectivity index (χ1n) is 5.78. The molecule has 8 heteroatoms. The number of non-ortho nitro benzene ring substituents is 1. The molecule has 0 aliphatic heterocycles. The molecule has 0 radical (unpaired) electrons. The molecule has 1 aromatic heterocycles. The second-order valence-corrected chi connectivity index (χ2v) is 4.67. The van der Waals surface area contributed by atoms with Gasteiger partial charge in [0, 0.05) is 29.3 Å². The molecular weight excluding hydrogens is 328 g/mol. The fourth-order valence-corrected chi connectivity index (χ4v) is 1.94. The average molecular weight is 339 g/mol. The van der Waals surface area contributed by atoms with E-state index in [1.54, 1.807) is 18.3 Å². The van der Waals surface area contributed by atoms with Gasteiger partial charge in [0.25, 0.3) is 5.69 Å². The Morgan fingerprint density at radius 3 is 2.95 bits per heavy atom. The molecule has 0 atom stereocenters. The number of anilines is 1. The van der Waals surface area contributed by atoms with E-state index in [1.807, 2.05) is 6.92 Å². The number of nitro groups is 1. The molecule has 0 aliphatic rings. The molecule has 0 saturated carbocycles. The number of nitrogens with zero attached hydrogens (tertiary/aromatic N) is 3. The lowest BCUT2D eigenvalue weighted by Crippen LogP contribution is -2.02. The van der Waals surface area contributed by atoms with Crippen molar-refractivity contribution < 1.29 is 9.66 Å². The highest BCUT2D eigenvalue weighted by atomic mass is 79.9. The molecule has 0 bridgehead atoms. The molecule has 0 aliphatic carbocycles. The number of nitrogens with one attached hydrogen (secondary N) is 1. The summed E-state index contributed by atoms with van der Waals surface area (Å²) in [6.45, 7) is 2.61. The van der Waals surface area contributed by atoms with Gasteiger partial charge in [0.05, 0.1) is 11.0 Å². The largest absolute Gasteiger partial charge is 0.439 e. The van der Waals surface area contributed by atoms with Gasteiger partial charge < -0.3 is 10.1 Å². The Bertz CT molecular complexity index is 636. The average Bonchev–Trinajstić information content (AvgIpc) is 2.38. The second kappa shape index (κ2) is 6.29. The van der Waals surface area contributed by atoms with Crippen LogP contribution in [0, 0.1) is 10.1 Å². The van der Waals surface area contributed by atoms with Crippen molar-refractivity contribution in [3.05, 3.63) is 45.0 Å². The lowest BCUT2D eigenvalue weighted by Gasteiger charge is -2.07. The Kier molecular flexibility index (Phi) is 4.46. The van der Waals surface area contributed by atoms with Crippen molar-refractivity contribution in [1.82, 2.24) is 9.97 Å². The van der Waals surface area contributed by atoms with Gasteiger partial charge in [0.2, 0.25) is 11.8 Å². The summed E-state index contributed by atoms with van der Waals surface area (Å²) in [4.78, 5) is 18.5. The van der Waals surface area contributed by atoms with Gasteiger partial charge in [-0.25, -0.2) is 4.98 Å².